The molecule has 0 bridgehead atoms. The number of nitrogens with zero attached hydrogens (tertiary/aromatic N) is 1. The fourth-order valence-corrected chi connectivity index (χ4v) is 2.41. The van der Waals surface area contributed by atoms with Crippen LogP contribution in [0.25, 0.3) is 5.57 Å². The first-order valence-electron chi connectivity index (χ1n) is 8.22. The second-order valence-corrected chi connectivity index (χ2v) is 6.48. The highest BCUT2D eigenvalue weighted by atomic mass is 16.6. The van der Waals surface area contributed by atoms with E-state index >= 15 is 0 Å². The van der Waals surface area contributed by atoms with Crippen LogP contribution in [0.15, 0.2) is 30.3 Å². The lowest BCUT2D eigenvalue weighted by Crippen LogP contribution is -2.39. The zero-order valence-electron chi connectivity index (χ0n) is 14.8. The van der Waals surface area contributed by atoms with Crippen LogP contribution in [0.2, 0.25) is 0 Å². The van der Waals surface area contributed by atoms with Crippen LogP contribution in [0.3, 0.4) is 0 Å². The molecule has 1 aliphatic heterocycles. The first-order chi connectivity index (χ1) is 11.4. The number of carbonyl (C=O) groups is 2. The maximum absolute atomic E-state index is 12.2. The van der Waals surface area contributed by atoms with Crippen molar-refractivity contribution in [3.8, 4) is 0 Å². The third kappa shape index (κ3) is 4.37. The largest absolute Gasteiger partial charge is 0.465 e. The number of methoxy groups -OCH3 is 1. The van der Waals surface area contributed by atoms with E-state index in [4.69, 9.17) is 9.47 Å². The average molecular weight is 331 g/mol. The molecule has 0 saturated carbocycles. The van der Waals surface area contributed by atoms with E-state index < -0.39 is 5.60 Å². The molecule has 0 unspecified atom stereocenters. The van der Waals surface area contributed by atoms with Crippen LogP contribution in [0.1, 0.15) is 49.5 Å². The summed E-state index contributed by atoms with van der Waals surface area (Å²) < 4.78 is 10.2. The highest BCUT2D eigenvalue weighted by molar-refractivity contribution is 5.89. The molecule has 1 aromatic rings. The van der Waals surface area contributed by atoms with E-state index in [1.165, 1.54) is 12.7 Å². The van der Waals surface area contributed by atoms with Gasteiger partial charge in [-0.2, -0.15) is 0 Å². The van der Waals surface area contributed by atoms with Crippen molar-refractivity contribution < 1.29 is 19.1 Å². The van der Waals surface area contributed by atoms with Crippen LogP contribution >= 0.6 is 0 Å². The zero-order valence-corrected chi connectivity index (χ0v) is 14.8. The van der Waals surface area contributed by atoms with Crippen LogP contribution in [0.4, 0.5) is 4.79 Å². The normalized spacial score (nSPS) is 14.8. The Balaban J connectivity index is 2.00. The molecule has 1 amide bonds. The SMILES string of the molecule is CCC(C)(C)OC(=O)N1CC=C(c2ccc(C(=O)OC)cc2)CC1. The molecule has 1 aromatic carbocycles. The van der Waals surface area contributed by atoms with Crippen molar-refractivity contribution in [2.24, 2.45) is 0 Å². The molecule has 5 heteroatoms. The summed E-state index contributed by atoms with van der Waals surface area (Å²) in [6.07, 6.45) is 3.31. The molecule has 5 nitrogen and oxygen atoms in total. The Morgan fingerprint density at radius 3 is 2.38 bits per heavy atom. The standard InChI is InChI=1S/C19H25NO4/c1-5-19(2,3)24-18(22)20-12-10-15(11-13-20)14-6-8-16(9-7-14)17(21)23-4/h6-10H,5,11-13H2,1-4H3. The topological polar surface area (TPSA) is 55.8 Å². The van der Waals surface area contributed by atoms with Gasteiger partial charge in [-0.25, -0.2) is 9.59 Å². The zero-order chi connectivity index (χ0) is 17.7. The van der Waals surface area contributed by atoms with Gasteiger partial charge in [0.2, 0.25) is 0 Å². The number of hydrogen-bond donors (Lipinski definition) is 0. The van der Waals surface area contributed by atoms with Crippen molar-refractivity contribution in [1.29, 1.82) is 0 Å². The molecule has 24 heavy (non-hydrogen) atoms. The summed E-state index contributed by atoms with van der Waals surface area (Å²) in [5.74, 6) is -0.341. The highest BCUT2D eigenvalue weighted by Gasteiger charge is 2.25. The molecule has 0 spiro atoms. The lowest BCUT2D eigenvalue weighted by molar-refractivity contribution is 0.0132. The Kier molecular flexibility index (Phi) is 5.65. The van der Waals surface area contributed by atoms with Crippen LogP contribution in [0, 0.1) is 0 Å². The van der Waals surface area contributed by atoms with Gasteiger partial charge >= 0.3 is 12.1 Å². The number of carbonyl (C=O) groups excluding carboxylic acids is 2. The van der Waals surface area contributed by atoms with E-state index in [0.717, 1.165) is 18.4 Å². The Bertz CT molecular complexity index is 631. The second-order valence-electron chi connectivity index (χ2n) is 6.48. The van der Waals surface area contributed by atoms with E-state index in [-0.39, 0.29) is 12.1 Å². The highest BCUT2D eigenvalue weighted by Crippen LogP contribution is 2.24. The summed E-state index contributed by atoms with van der Waals surface area (Å²) in [5.41, 5.74) is 2.32. The van der Waals surface area contributed by atoms with Crippen LogP contribution < -0.4 is 0 Å². The van der Waals surface area contributed by atoms with E-state index in [1.54, 1.807) is 17.0 Å². The predicted molar refractivity (Wildman–Crippen MR) is 92.8 cm³/mol. The summed E-state index contributed by atoms with van der Waals surface area (Å²) in [6.45, 7) is 6.99. The number of rotatable bonds is 4. The third-order valence-corrected chi connectivity index (χ3v) is 4.36. The molecule has 0 aromatic heterocycles. The van der Waals surface area contributed by atoms with Gasteiger partial charge in [-0.05, 0) is 50.0 Å². The smallest absolute Gasteiger partial charge is 0.410 e. The number of ether oxygens (including phenoxy) is 2. The molecule has 130 valence electrons. The van der Waals surface area contributed by atoms with Crippen molar-refractivity contribution in [1.82, 2.24) is 4.90 Å². The van der Waals surface area contributed by atoms with Gasteiger partial charge in [0.15, 0.2) is 0 Å². The first kappa shape index (κ1) is 18.0. The maximum Gasteiger partial charge on any atom is 0.410 e. The molecule has 0 aliphatic carbocycles. The van der Waals surface area contributed by atoms with E-state index in [1.807, 2.05) is 39.0 Å². The Hall–Kier alpha value is -2.30. The van der Waals surface area contributed by atoms with Crippen molar-refractivity contribution in [3.63, 3.8) is 0 Å². The quantitative estimate of drug-likeness (QED) is 0.786. The number of benzene rings is 1. The minimum absolute atomic E-state index is 0.266. The summed E-state index contributed by atoms with van der Waals surface area (Å²) >= 11 is 0. The van der Waals surface area contributed by atoms with Crippen molar-refractivity contribution in [2.75, 3.05) is 20.2 Å². The molecule has 1 aliphatic rings. The van der Waals surface area contributed by atoms with Crippen molar-refractivity contribution in [3.05, 3.63) is 41.5 Å². The van der Waals surface area contributed by atoms with Gasteiger partial charge in [-0.3, -0.25) is 0 Å². The molecule has 1 heterocycles. The van der Waals surface area contributed by atoms with Gasteiger partial charge in [0.1, 0.15) is 5.60 Å². The summed E-state index contributed by atoms with van der Waals surface area (Å²) in [5, 5.41) is 0. The third-order valence-electron chi connectivity index (χ3n) is 4.36. The summed E-state index contributed by atoms with van der Waals surface area (Å²) in [6, 6.07) is 7.33. The molecular weight excluding hydrogens is 306 g/mol. The Labute approximate surface area is 143 Å². The summed E-state index contributed by atoms with van der Waals surface area (Å²) in [7, 11) is 1.37. The van der Waals surface area contributed by atoms with Crippen LogP contribution in [-0.2, 0) is 9.47 Å². The molecule has 0 atom stereocenters. The van der Waals surface area contributed by atoms with Gasteiger partial charge < -0.3 is 14.4 Å². The maximum atomic E-state index is 12.2. The first-order valence-corrected chi connectivity index (χ1v) is 8.22. The van der Waals surface area contributed by atoms with E-state index in [0.29, 0.717) is 18.7 Å². The molecule has 2 rings (SSSR count). The lowest BCUT2D eigenvalue weighted by Gasteiger charge is -2.31. The van der Waals surface area contributed by atoms with Gasteiger partial charge in [0.25, 0.3) is 0 Å². The monoisotopic (exact) mass is 331 g/mol. The Morgan fingerprint density at radius 2 is 1.88 bits per heavy atom. The molecule has 0 saturated heterocycles. The predicted octanol–water partition coefficient (Wildman–Crippen LogP) is 3.89. The minimum atomic E-state index is -0.440. The van der Waals surface area contributed by atoms with Gasteiger partial charge in [-0.15, -0.1) is 0 Å². The molecule has 0 N–H and O–H groups in total. The summed E-state index contributed by atoms with van der Waals surface area (Å²) in [4.78, 5) is 25.4. The fraction of sp³-hybridized carbons (Fsp3) is 0.474. The number of amides is 1. The van der Waals surface area contributed by atoms with Gasteiger partial charge in [-0.1, -0.05) is 25.1 Å². The average Bonchev–Trinajstić information content (AvgIpc) is 2.61. The number of esters is 1. The number of hydrogen-bond acceptors (Lipinski definition) is 4. The van der Waals surface area contributed by atoms with Gasteiger partial charge in [0, 0.05) is 13.1 Å². The van der Waals surface area contributed by atoms with Gasteiger partial charge in [0.05, 0.1) is 12.7 Å². The fourth-order valence-electron chi connectivity index (χ4n) is 2.41. The van der Waals surface area contributed by atoms with Crippen molar-refractivity contribution >= 4 is 17.6 Å². The Morgan fingerprint density at radius 1 is 1.21 bits per heavy atom. The molecular formula is C19H25NO4. The van der Waals surface area contributed by atoms with E-state index in [2.05, 4.69) is 0 Å². The van der Waals surface area contributed by atoms with E-state index in [9.17, 15) is 9.59 Å². The minimum Gasteiger partial charge on any atom is -0.465 e. The van der Waals surface area contributed by atoms with Crippen LogP contribution in [-0.4, -0.2) is 42.8 Å². The molecule has 0 fully saturated rings. The lowest BCUT2D eigenvalue weighted by atomic mass is 9.98. The van der Waals surface area contributed by atoms with Crippen LogP contribution in [0.5, 0.6) is 0 Å². The van der Waals surface area contributed by atoms with Crippen molar-refractivity contribution in [2.45, 2.75) is 39.2 Å². The molecule has 0 radical (unpaired) electrons. The second kappa shape index (κ2) is 7.51.